The number of hydrogen-bond acceptors (Lipinski definition) is 2. The number of rotatable bonds is 1. The van der Waals surface area contributed by atoms with Gasteiger partial charge in [0.15, 0.2) is 0 Å². The van der Waals surface area contributed by atoms with Gasteiger partial charge in [0.25, 0.3) is 0 Å². The second-order valence-electron chi connectivity index (χ2n) is 2.32. The number of nitrogens with one attached hydrogen (secondary N) is 1. The molecule has 0 atom stereocenters. The zero-order chi connectivity index (χ0) is 8.39. The number of H-pyrrole nitrogens is 1. The maximum atomic E-state index is 5.91. The summed E-state index contributed by atoms with van der Waals surface area (Å²) in [6.45, 7) is 0. The third-order valence-electron chi connectivity index (χ3n) is 1.53. The minimum atomic E-state index is 0.638. The zero-order valence-electron chi connectivity index (χ0n) is 6.16. The van der Waals surface area contributed by atoms with Gasteiger partial charge in [-0.15, -0.1) is 0 Å². The first kappa shape index (κ1) is 7.31. The molecule has 0 radical (unpaired) electrons. The molecule has 0 aliphatic carbocycles. The maximum Gasteiger partial charge on any atom is 0.0919 e. The molecule has 60 valence electrons. The highest BCUT2D eigenvalue weighted by molar-refractivity contribution is 6.32. The molecule has 2 aromatic heterocycles. The van der Waals surface area contributed by atoms with Crippen molar-refractivity contribution in [1.82, 2.24) is 15.2 Å². The highest BCUT2D eigenvalue weighted by atomic mass is 35.5. The molecule has 0 amide bonds. The van der Waals surface area contributed by atoms with E-state index in [-0.39, 0.29) is 0 Å². The minimum Gasteiger partial charge on any atom is -0.285 e. The van der Waals surface area contributed by atoms with Gasteiger partial charge in [-0.3, -0.25) is 10.1 Å². The molecule has 2 aromatic rings. The number of hydrogen-bond donors (Lipinski definition) is 1. The molecule has 0 bridgehead atoms. The first-order valence-corrected chi connectivity index (χ1v) is 3.85. The van der Waals surface area contributed by atoms with Gasteiger partial charge < -0.3 is 0 Å². The van der Waals surface area contributed by atoms with Crippen LogP contribution in [-0.2, 0) is 0 Å². The van der Waals surface area contributed by atoms with Crippen LogP contribution in [0.2, 0.25) is 5.02 Å². The Morgan fingerprint density at radius 2 is 2.33 bits per heavy atom. The number of aromatic nitrogens is 3. The maximum absolute atomic E-state index is 5.91. The largest absolute Gasteiger partial charge is 0.285 e. The van der Waals surface area contributed by atoms with E-state index >= 15 is 0 Å². The van der Waals surface area contributed by atoms with Crippen LogP contribution in [0.25, 0.3) is 11.3 Å². The molecular weight excluding hydrogens is 174 g/mol. The molecule has 3 nitrogen and oxygen atoms in total. The summed E-state index contributed by atoms with van der Waals surface area (Å²) >= 11 is 5.91. The molecule has 0 spiro atoms. The molecule has 1 N–H and O–H groups in total. The van der Waals surface area contributed by atoms with Gasteiger partial charge >= 0.3 is 0 Å². The van der Waals surface area contributed by atoms with Crippen molar-refractivity contribution in [3.05, 3.63) is 35.7 Å². The lowest BCUT2D eigenvalue weighted by molar-refractivity contribution is 1.09. The van der Waals surface area contributed by atoms with Crippen LogP contribution in [0.5, 0.6) is 0 Å². The number of pyridine rings is 1. The SMILES string of the molecule is Clc1cccnc1-c1cn[nH]c1. The van der Waals surface area contributed by atoms with Gasteiger partial charge in [0.1, 0.15) is 0 Å². The Morgan fingerprint density at radius 1 is 1.42 bits per heavy atom. The van der Waals surface area contributed by atoms with Crippen molar-refractivity contribution in [2.75, 3.05) is 0 Å². The van der Waals surface area contributed by atoms with Crippen molar-refractivity contribution in [2.24, 2.45) is 0 Å². The fourth-order valence-electron chi connectivity index (χ4n) is 0.978. The number of halogens is 1. The van der Waals surface area contributed by atoms with Crippen LogP contribution in [0, 0.1) is 0 Å². The van der Waals surface area contributed by atoms with E-state index in [1.54, 1.807) is 30.7 Å². The molecule has 4 heteroatoms. The molecule has 0 aliphatic heterocycles. The zero-order valence-corrected chi connectivity index (χ0v) is 6.92. The van der Waals surface area contributed by atoms with E-state index in [0.717, 1.165) is 11.3 Å². The summed E-state index contributed by atoms with van der Waals surface area (Å²) in [6, 6.07) is 3.60. The van der Waals surface area contributed by atoms with Gasteiger partial charge in [-0.05, 0) is 12.1 Å². The van der Waals surface area contributed by atoms with E-state index in [0.29, 0.717) is 5.02 Å². The van der Waals surface area contributed by atoms with Gasteiger partial charge in [-0.25, -0.2) is 0 Å². The molecule has 12 heavy (non-hydrogen) atoms. The Balaban J connectivity index is 2.55. The molecule has 2 rings (SSSR count). The van der Waals surface area contributed by atoms with Crippen molar-refractivity contribution in [2.45, 2.75) is 0 Å². The first-order valence-electron chi connectivity index (χ1n) is 3.47. The summed E-state index contributed by atoms with van der Waals surface area (Å²) in [5.74, 6) is 0. The summed E-state index contributed by atoms with van der Waals surface area (Å²) in [5, 5.41) is 7.16. The van der Waals surface area contributed by atoms with Crippen LogP contribution < -0.4 is 0 Å². The van der Waals surface area contributed by atoms with E-state index in [4.69, 9.17) is 11.6 Å². The van der Waals surface area contributed by atoms with E-state index in [2.05, 4.69) is 15.2 Å². The second kappa shape index (κ2) is 2.95. The molecular formula is C8H6ClN3. The summed E-state index contributed by atoms with van der Waals surface area (Å²) < 4.78 is 0. The van der Waals surface area contributed by atoms with E-state index < -0.39 is 0 Å². The molecule has 0 saturated carbocycles. The number of aromatic amines is 1. The monoisotopic (exact) mass is 179 g/mol. The normalized spacial score (nSPS) is 10.1. The lowest BCUT2D eigenvalue weighted by Crippen LogP contribution is -1.80. The predicted octanol–water partition coefficient (Wildman–Crippen LogP) is 2.13. The van der Waals surface area contributed by atoms with Gasteiger partial charge in [0.05, 0.1) is 16.9 Å². The topological polar surface area (TPSA) is 41.6 Å². The standard InChI is InChI=1S/C8H6ClN3/c9-7-2-1-3-10-8(7)6-4-11-12-5-6/h1-5H,(H,11,12). The summed E-state index contributed by atoms with van der Waals surface area (Å²) in [6.07, 6.45) is 5.15. The summed E-state index contributed by atoms with van der Waals surface area (Å²) in [4.78, 5) is 4.13. The van der Waals surface area contributed by atoms with Crippen LogP contribution in [0.3, 0.4) is 0 Å². The summed E-state index contributed by atoms with van der Waals surface area (Å²) in [5.41, 5.74) is 1.66. The average molecular weight is 180 g/mol. The van der Waals surface area contributed by atoms with Crippen molar-refractivity contribution in [3.8, 4) is 11.3 Å². The van der Waals surface area contributed by atoms with Gasteiger partial charge in [0.2, 0.25) is 0 Å². The van der Waals surface area contributed by atoms with Crippen LogP contribution >= 0.6 is 11.6 Å². The van der Waals surface area contributed by atoms with Crippen LogP contribution in [0.15, 0.2) is 30.7 Å². The fraction of sp³-hybridized carbons (Fsp3) is 0. The minimum absolute atomic E-state index is 0.638. The Labute approximate surface area is 74.4 Å². The molecule has 0 saturated heterocycles. The third-order valence-corrected chi connectivity index (χ3v) is 1.84. The van der Waals surface area contributed by atoms with Crippen molar-refractivity contribution < 1.29 is 0 Å². The Bertz CT molecular complexity index is 370. The first-order chi connectivity index (χ1) is 5.88. The van der Waals surface area contributed by atoms with Crippen LogP contribution in [0.1, 0.15) is 0 Å². The quantitative estimate of drug-likeness (QED) is 0.729. The van der Waals surface area contributed by atoms with Gasteiger partial charge in [-0.1, -0.05) is 11.6 Å². The lowest BCUT2D eigenvalue weighted by Gasteiger charge is -1.96. The second-order valence-corrected chi connectivity index (χ2v) is 2.73. The molecule has 0 fully saturated rings. The van der Waals surface area contributed by atoms with Gasteiger partial charge in [-0.2, -0.15) is 5.10 Å². The van der Waals surface area contributed by atoms with Crippen LogP contribution in [0.4, 0.5) is 0 Å². The summed E-state index contributed by atoms with van der Waals surface area (Å²) in [7, 11) is 0. The third kappa shape index (κ3) is 1.19. The highest BCUT2D eigenvalue weighted by Crippen LogP contribution is 2.23. The van der Waals surface area contributed by atoms with E-state index in [1.807, 2.05) is 0 Å². The predicted molar refractivity (Wildman–Crippen MR) is 46.8 cm³/mol. The van der Waals surface area contributed by atoms with Crippen LogP contribution in [-0.4, -0.2) is 15.2 Å². The Hall–Kier alpha value is -1.35. The Morgan fingerprint density at radius 3 is 3.00 bits per heavy atom. The van der Waals surface area contributed by atoms with Crippen molar-refractivity contribution in [1.29, 1.82) is 0 Å². The van der Waals surface area contributed by atoms with Crippen molar-refractivity contribution >= 4 is 11.6 Å². The molecule has 0 aliphatic rings. The fourth-order valence-corrected chi connectivity index (χ4v) is 1.21. The highest BCUT2D eigenvalue weighted by Gasteiger charge is 2.03. The van der Waals surface area contributed by atoms with E-state index in [1.165, 1.54) is 0 Å². The average Bonchev–Trinajstić information content (AvgIpc) is 2.57. The van der Waals surface area contributed by atoms with Crippen molar-refractivity contribution in [3.63, 3.8) is 0 Å². The lowest BCUT2D eigenvalue weighted by atomic mass is 10.2. The number of nitrogens with zero attached hydrogens (tertiary/aromatic N) is 2. The van der Waals surface area contributed by atoms with Gasteiger partial charge in [0, 0.05) is 18.0 Å². The Kier molecular flexibility index (Phi) is 1.80. The molecule has 2 heterocycles. The smallest absolute Gasteiger partial charge is 0.0919 e. The van der Waals surface area contributed by atoms with E-state index in [9.17, 15) is 0 Å². The molecule has 0 aromatic carbocycles. The molecule has 0 unspecified atom stereocenters.